The molecule has 0 spiro atoms. The highest BCUT2D eigenvalue weighted by Crippen LogP contribution is 2.22. The maximum Gasteiger partial charge on any atom is 0.573 e. The summed E-state index contributed by atoms with van der Waals surface area (Å²) in [5.74, 6) is -0.850. The van der Waals surface area contributed by atoms with Gasteiger partial charge in [0.15, 0.2) is 0 Å². The zero-order valence-corrected chi connectivity index (χ0v) is 9.36. The Hall–Kier alpha value is -2.23. The van der Waals surface area contributed by atoms with Crippen LogP contribution in [0, 0.1) is 11.3 Å². The van der Waals surface area contributed by atoms with E-state index in [4.69, 9.17) is 5.26 Å². The van der Waals surface area contributed by atoms with Gasteiger partial charge in [-0.3, -0.25) is 4.79 Å². The monoisotopic (exact) mass is 258 g/mol. The molecule has 0 aromatic heterocycles. The molecule has 1 amide bonds. The van der Waals surface area contributed by atoms with E-state index in [1.54, 1.807) is 6.07 Å². The van der Waals surface area contributed by atoms with E-state index in [1.807, 2.05) is 0 Å². The highest BCUT2D eigenvalue weighted by atomic mass is 19.4. The van der Waals surface area contributed by atoms with Crippen LogP contribution in [-0.2, 0) is 0 Å². The number of carbonyl (C=O) groups is 1. The molecule has 0 heterocycles. The van der Waals surface area contributed by atoms with Crippen LogP contribution >= 0.6 is 0 Å². The Morgan fingerprint density at radius 3 is 2.39 bits per heavy atom. The first kappa shape index (κ1) is 13.8. The molecule has 1 aromatic rings. The van der Waals surface area contributed by atoms with Crippen molar-refractivity contribution in [2.45, 2.75) is 6.36 Å². The fraction of sp³-hybridized carbons (Fsp3) is 0.273. The van der Waals surface area contributed by atoms with Crippen LogP contribution < -0.4 is 4.74 Å². The Kier molecular flexibility index (Phi) is 4.15. The van der Waals surface area contributed by atoms with Gasteiger partial charge in [0.05, 0.1) is 6.07 Å². The molecule has 0 atom stereocenters. The average molecular weight is 258 g/mol. The van der Waals surface area contributed by atoms with Gasteiger partial charge in [0.1, 0.15) is 12.3 Å². The van der Waals surface area contributed by atoms with Crippen molar-refractivity contribution in [1.29, 1.82) is 5.26 Å². The Morgan fingerprint density at radius 2 is 1.94 bits per heavy atom. The second kappa shape index (κ2) is 5.40. The molecule has 1 aromatic carbocycles. The molecule has 0 aliphatic heterocycles. The minimum Gasteiger partial charge on any atom is -0.406 e. The maximum absolute atomic E-state index is 11.9. The van der Waals surface area contributed by atoms with Gasteiger partial charge in [0.2, 0.25) is 0 Å². The molecule has 0 saturated heterocycles. The van der Waals surface area contributed by atoms with Gasteiger partial charge in [-0.2, -0.15) is 5.26 Å². The molecule has 7 heteroatoms. The lowest BCUT2D eigenvalue weighted by Gasteiger charge is -2.13. The Balaban J connectivity index is 2.77. The number of hydrogen-bond acceptors (Lipinski definition) is 3. The van der Waals surface area contributed by atoms with Gasteiger partial charge < -0.3 is 9.64 Å². The number of ether oxygens (including phenoxy) is 1. The highest BCUT2D eigenvalue weighted by molar-refractivity contribution is 5.94. The zero-order chi connectivity index (χ0) is 13.8. The summed E-state index contributed by atoms with van der Waals surface area (Å²) in [6.45, 7) is -0.0976. The summed E-state index contributed by atoms with van der Waals surface area (Å²) in [6, 6.07) is 6.29. The third kappa shape index (κ3) is 3.97. The van der Waals surface area contributed by atoms with Gasteiger partial charge in [0, 0.05) is 12.6 Å². The first-order valence-corrected chi connectivity index (χ1v) is 4.81. The number of nitrogens with zero attached hydrogens (tertiary/aromatic N) is 2. The summed E-state index contributed by atoms with van der Waals surface area (Å²) in [7, 11) is 1.42. The fourth-order valence-corrected chi connectivity index (χ4v) is 1.20. The summed E-state index contributed by atoms with van der Waals surface area (Å²) in [6.07, 6.45) is -4.76. The Bertz CT molecular complexity index is 463. The Labute approximate surface area is 101 Å². The largest absolute Gasteiger partial charge is 0.573 e. The molecular weight excluding hydrogens is 249 g/mol. The number of halogens is 3. The lowest BCUT2D eigenvalue weighted by molar-refractivity contribution is -0.274. The quantitative estimate of drug-likeness (QED) is 0.781. The average Bonchev–Trinajstić information content (AvgIpc) is 2.27. The SMILES string of the molecule is CN(CC#N)C(=O)c1ccc(OC(F)(F)F)cc1. The number of alkyl halides is 3. The van der Waals surface area contributed by atoms with Gasteiger partial charge in [-0.05, 0) is 24.3 Å². The lowest BCUT2D eigenvalue weighted by Crippen LogP contribution is -2.26. The van der Waals surface area contributed by atoms with Crippen LogP contribution in [0.5, 0.6) is 5.75 Å². The summed E-state index contributed by atoms with van der Waals surface area (Å²) in [4.78, 5) is 12.8. The van der Waals surface area contributed by atoms with Gasteiger partial charge >= 0.3 is 6.36 Å². The molecule has 0 N–H and O–H groups in total. The summed E-state index contributed by atoms with van der Waals surface area (Å²) < 4.78 is 39.4. The van der Waals surface area contributed by atoms with Crippen LogP contribution in [0.1, 0.15) is 10.4 Å². The van der Waals surface area contributed by atoms with Gasteiger partial charge in [-0.1, -0.05) is 0 Å². The highest BCUT2D eigenvalue weighted by Gasteiger charge is 2.31. The van der Waals surface area contributed by atoms with E-state index in [0.717, 1.165) is 17.0 Å². The molecule has 0 radical (unpaired) electrons. The predicted octanol–water partition coefficient (Wildman–Crippen LogP) is 2.18. The third-order valence-electron chi connectivity index (χ3n) is 1.99. The molecule has 0 unspecified atom stereocenters. The number of hydrogen-bond donors (Lipinski definition) is 0. The molecule has 0 aliphatic rings. The van der Waals surface area contributed by atoms with E-state index in [1.165, 1.54) is 19.2 Å². The van der Waals surface area contributed by atoms with Crippen LogP contribution in [0.4, 0.5) is 13.2 Å². The number of benzene rings is 1. The van der Waals surface area contributed by atoms with Crippen molar-refractivity contribution >= 4 is 5.91 Å². The van der Waals surface area contributed by atoms with Crippen molar-refractivity contribution in [1.82, 2.24) is 4.90 Å². The normalized spacial score (nSPS) is 10.6. The number of carbonyl (C=O) groups excluding carboxylic acids is 1. The predicted molar refractivity (Wildman–Crippen MR) is 55.7 cm³/mol. The van der Waals surface area contributed by atoms with Crippen molar-refractivity contribution in [3.05, 3.63) is 29.8 Å². The van der Waals surface area contributed by atoms with E-state index >= 15 is 0 Å². The van der Waals surface area contributed by atoms with Crippen LogP contribution in [0.3, 0.4) is 0 Å². The van der Waals surface area contributed by atoms with E-state index in [0.29, 0.717) is 0 Å². The molecule has 96 valence electrons. The van der Waals surface area contributed by atoms with Crippen LogP contribution in [0.2, 0.25) is 0 Å². The van der Waals surface area contributed by atoms with E-state index in [2.05, 4.69) is 4.74 Å². The minimum atomic E-state index is -4.76. The van der Waals surface area contributed by atoms with E-state index in [9.17, 15) is 18.0 Å². The van der Waals surface area contributed by atoms with Crippen LogP contribution in [0.25, 0.3) is 0 Å². The molecule has 0 bridgehead atoms. The lowest BCUT2D eigenvalue weighted by atomic mass is 10.2. The second-order valence-corrected chi connectivity index (χ2v) is 3.39. The molecule has 4 nitrogen and oxygen atoms in total. The van der Waals surface area contributed by atoms with Crippen LogP contribution in [0.15, 0.2) is 24.3 Å². The number of rotatable bonds is 3. The summed E-state index contributed by atoms with van der Waals surface area (Å²) >= 11 is 0. The third-order valence-corrected chi connectivity index (χ3v) is 1.99. The van der Waals surface area contributed by atoms with Crippen LogP contribution in [-0.4, -0.2) is 30.8 Å². The van der Waals surface area contributed by atoms with Gasteiger partial charge in [0.25, 0.3) is 5.91 Å². The molecule has 0 fully saturated rings. The van der Waals surface area contributed by atoms with E-state index in [-0.39, 0.29) is 12.1 Å². The van der Waals surface area contributed by atoms with Gasteiger partial charge in [-0.15, -0.1) is 13.2 Å². The summed E-state index contributed by atoms with van der Waals surface area (Å²) in [5.41, 5.74) is 0.183. The molecule has 0 aliphatic carbocycles. The first-order valence-electron chi connectivity index (χ1n) is 4.81. The minimum absolute atomic E-state index is 0.0976. The zero-order valence-electron chi connectivity index (χ0n) is 9.36. The van der Waals surface area contributed by atoms with Crippen molar-refractivity contribution in [3.63, 3.8) is 0 Å². The van der Waals surface area contributed by atoms with Crippen molar-refractivity contribution in [2.75, 3.05) is 13.6 Å². The molecule has 1 rings (SSSR count). The van der Waals surface area contributed by atoms with Gasteiger partial charge in [-0.25, -0.2) is 0 Å². The van der Waals surface area contributed by atoms with Crippen molar-refractivity contribution in [2.24, 2.45) is 0 Å². The maximum atomic E-state index is 11.9. The smallest absolute Gasteiger partial charge is 0.406 e. The Morgan fingerprint density at radius 1 is 1.39 bits per heavy atom. The second-order valence-electron chi connectivity index (χ2n) is 3.39. The molecular formula is C11H9F3N2O2. The van der Waals surface area contributed by atoms with Crippen molar-refractivity contribution < 1.29 is 22.7 Å². The van der Waals surface area contributed by atoms with Crippen molar-refractivity contribution in [3.8, 4) is 11.8 Å². The fourth-order valence-electron chi connectivity index (χ4n) is 1.20. The molecule has 0 saturated carbocycles. The molecule has 18 heavy (non-hydrogen) atoms. The topological polar surface area (TPSA) is 53.3 Å². The standard InChI is InChI=1S/C11H9F3N2O2/c1-16(7-6-15)10(17)8-2-4-9(5-3-8)18-11(12,13)14/h2-5H,7H2,1H3. The van der Waals surface area contributed by atoms with E-state index < -0.39 is 18.0 Å². The first-order chi connectivity index (χ1) is 8.33. The summed E-state index contributed by atoms with van der Waals surface area (Å²) in [5, 5.41) is 8.42. The number of nitriles is 1. The number of amides is 1.